The lowest BCUT2D eigenvalue weighted by atomic mass is 10.00. The Morgan fingerprint density at radius 3 is 2.69 bits per heavy atom. The highest BCUT2D eigenvalue weighted by Gasteiger charge is 2.34. The molecule has 3 rings (SSSR count). The number of nitrogens with zero attached hydrogens (tertiary/aromatic N) is 5. The van der Waals surface area contributed by atoms with Crippen molar-refractivity contribution in [1.82, 2.24) is 24.7 Å². The first-order chi connectivity index (χ1) is 16.7. The van der Waals surface area contributed by atoms with Gasteiger partial charge in [0.15, 0.2) is 0 Å². The van der Waals surface area contributed by atoms with Gasteiger partial charge in [-0.15, -0.1) is 0 Å². The third kappa shape index (κ3) is 6.78. The first-order valence-electron chi connectivity index (χ1n) is 11.6. The molecule has 2 aromatic rings. The molecule has 0 saturated heterocycles. The molecule has 9 nitrogen and oxygen atoms in total. The van der Waals surface area contributed by atoms with Crippen molar-refractivity contribution in [3.05, 3.63) is 53.5 Å². The van der Waals surface area contributed by atoms with Gasteiger partial charge < -0.3 is 24.5 Å². The number of fused-ring (bicyclic) bond motifs is 1. The van der Waals surface area contributed by atoms with Crippen molar-refractivity contribution in [1.29, 1.82) is 0 Å². The van der Waals surface area contributed by atoms with Crippen LogP contribution in [-0.2, 0) is 4.79 Å². The van der Waals surface area contributed by atoms with E-state index in [1.807, 2.05) is 32.0 Å². The number of aliphatic hydroxyl groups excluding tert-OH is 1. The van der Waals surface area contributed by atoms with Crippen LogP contribution in [0.5, 0.6) is 5.88 Å². The van der Waals surface area contributed by atoms with Crippen LogP contribution in [-0.4, -0.2) is 101 Å². The van der Waals surface area contributed by atoms with E-state index in [1.54, 1.807) is 54.5 Å². The Bertz CT molecular complexity index is 1100. The fraction of sp³-hybridized carbons (Fsp3) is 0.462. The van der Waals surface area contributed by atoms with Gasteiger partial charge in [-0.3, -0.25) is 14.6 Å². The summed E-state index contributed by atoms with van der Waals surface area (Å²) in [6.07, 6.45) is 4.51. The maximum absolute atomic E-state index is 13.5. The second-order valence-corrected chi connectivity index (χ2v) is 9.20. The molecule has 0 spiro atoms. The van der Waals surface area contributed by atoms with Crippen LogP contribution < -0.4 is 4.74 Å². The monoisotopic (exact) mass is 479 g/mol. The van der Waals surface area contributed by atoms with Crippen LogP contribution in [0.3, 0.4) is 0 Å². The molecule has 0 radical (unpaired) electrons. The highest BCUT2D eigenvalue weighted by atomic mass is 16.5. The third-order valence-corrected chi connectivity index (χ3v) is 5.86. The van der Waals surface area contributed by atoms with E-state index >= 15 is 0 Å². The van der Waals surface area contributed by atoms with Crippen molar-refractivity contribution in [2.45, 2.75) is 26.0 Å². The molecule has 0 fully saturated rings. The lowest BCUT2D eigenvalue weighted by molar-refractivity contribution is -0.132. The van der Waals surface area contributed by atoms with Crippen LogP contribution in [0.1, 0.15) is 35.3 Å². The SMILES string of the molecule is C[C@@H]1CN([C@H](C)CO)C(=O)c2cc(C#Cc3cccnc3)cnc2O[C@@H]1CN(C)C(=O)CN(C)C. The molecule has 9 heteroatoms. The summed E-state index contributed by atoms with van der Waals surface area (Å²) in [7, 11) is 5.43. The van der Waals surface area contributed by atoms with Gasteiger partial charge in [0.05, 0.1) is 25.7 Å². The Labute approximate surface area is 206 Å². The molecule has 0 saturated carbocycles. The number of hydrogen-bond donors (Lipinski definition) is 1. The largest absolute Gasteiger partial charge is 0.472 e. The van der Waals surface area contributed by atoms with E-state index in [9.17, 15) is 14.7 Å². The second-order valence-electron chi connectivity index (χ2n) is 9.20. The van der Waals surface area contributed by atoms with Gasteiger partial charge in [-0.05, 0) is 39.2 Å². The number of rotatable bonds is 6. The number of hydrogen-bond acceptors (Lipinski definition) is 7. The lowest BCUT2D eigenvalue weighted by Crippen LogP contribution is -2.51. The highest BCUT2D eigenvalue weighted by Crippen LogP contribution is 2.27. The van der Waals surface area contributed by atoms with Crippen molar-refractivity contribution in [3.8, 4) is 17.7 Å². The van der Waals surface area contributed by atoms with Crippen molar-refractivity contribution < 1.29 is 19.4 Å². The van der Waals surface area contributed by atoms with E-state index in [0.29, 0.717) is 18.7 Å². The number of aromatic nitrogens is 2. The molecule has 3 heterocycles. The van der Waals surface area contributed by atoms with Gasteiger partial charge in [-0.2, -0.15) is 0 Å². The summed E-state index contributed by atoms with van der Waals surface area (Å²) in [5, 5.41) is 9.81. The van der Waals surface area contributed by atoms with Gasteiger partial charge in [-0.1, -0.05) is 18.8 Å². The van der Waals surface area contributed by atoms with E-state index in [1.165, 1.54) is 0 Å². The summed E-state index contributed by atoms with van der Waals surface area (Å²) in [5.74, 6) is 5.83. The van der Waals surface area contributed by atoms with Crippen molar-refractivity contribution >= 4 is 11.8 Å². The zero-order valence-electron chi connectivity index (χ0n) is 20.9. The molecule has 0 aliphatic carbocycles. The maximum atomic E-state index is 13.5. The summed E-state index contributed by atoms with van der Waals surface area (Å²) >= 11 is 0. The first-order valence-corrected chi connectivity index (χ1v) is 11.6. The molecule has 2 aromatic heterocycles. The molecule has 3 atom stereocenters. The normalized spacial score (nSPS) is 18.5. The molecule has 1 aliphatic rings. The Morgan fingerprint density at radius 1 is 1.29 bits per heavy atom. The molecule has 1 aliphatic heterocycles. The molecule has 0 unspecified atom stereocenters. The first kappa shape index (κ1) is 26.1. The Hall–Kier alpha value is -3.48. The Balaban J connectivity index is 1.95. The molecule has 0 bridgehead atoms. The van der Waals surface area contributed by atoms with Crippen LogP contribution in [0.2, 0.25) is 0 Å². The molecule has 1 N–H and O–H groups in total. The maximum Gasteiger partial charge on any atom is 0.259 e. The standard InChI is InChI=1S/C26H33N5O4/c1-18-14-31(19(2)17-32)26(34)22-11-21(9-8-20-7-6-10-27-12-20)13-28-25(22)35-23(18)15-30(5)24(33)16-29(3)4/h6-7,10-13,18-19,23,32H,14-17H2,1-5H3/t18-,19-,23-/m1/s1. The summed E-state index contributed by atoms with van der Waals surface area (Å²) < 4.78 is 6.24. The molecule has 0 aromatic carbocycles. The van der Waals surface area contributed by atoms with Gasteiger partial charge in [-0.25, -0.2) is 4.98 Å². The zero-order chi connectivity index (χ0) is 25.5. The van der Waals surface area contributed by atoms with Crippen LogP contribution in [0.25, 0.3) is 0 Å². The average Bonchev–Trinajstić information content (AvgIpc) is 2.84. The third-order valence-electron chi connectivity index (χ3n) is 5.86. The fourth-order valence-corrected chi connectivity index (χ4v) is 3.73. The molecule has 186 valence electrons. The predicted octanol–water partition coefficient (Wildman–Crippen LogP) is 1.12. The average molecular weight is 480 g/mol. The molecule has 2 amide bonds. The van der Waals surface area contributed by atoms with Crippen LogP contribution in [0, 0.1) is 17.8 Å². The number of likely N-dealkylation sites (N-methyl/N-ethyl adjacent to an activating group) is 2. The smallest absolute Gasteiger partial charge is 0.259 e. The Morgan fingerprint density at radius 2 is 2.03 bits per heavy atom. The number of pyridine rings is 2. The van der Waals surface area contributed by atoms with Crippen LogP contribution >= 0.6 is 0 Å². The van der Waals surface area contributed by atoms with E-state index in [0.717, 1.165) is 5.56 Å². The quantitative estimate of drug-likeness (QED) is 0.620. The molecular weight excluding hydrogens is 446 g/mol. The topological polar surface area (TPSA) is 99.1 Å². The second kappa shape index (κ2) is 11.8. The van der Waals surface area contributed by atoms with E-state index < -0.39 is 12.1 Å². The van der Waals surface area contributed by atoms with Crippen LogP contribution in [0.4, 0.5) is 0 Å². The summed E-state index contributed by atoms with van der Waals surface area (Å²) in [6, 6.07) is 4.92. The van der Waals surface area contributed by atoms with Gasteiger partial charge in [0.2, 0.25) is 11.8 Å². The summed E-state index contributed by atoms with van der Waals surface area (Å²) in [5.41, 5.74) is 1.59. The van der Waals surface area contributed by atoms with Gasteiger partial charge >= 0.3 is 0 Å². The van der Waals surface area contributed by atoms with Gasteiger partial charge in [0.1, 0.15) is 11.7 Å². The lowest BCUT2D eigenvalue weighted by Gasteiger charge is -2.37. The van der Waals surface area contributed by atoms with Gasteiger partial charge in [0.25, 0.3) is 5.91 Å². The molecular formula is C26H33N5O4. The minimum Gasteiger partial charge on any atom is -0.472 e. The number of carbonyl (C=O) groups excluding carboxylic acids is 2. The number of amides is 2. The summed E-state index contributed by atoms with van der Waals surface area (Å²) in [6.45, 7) is 4.59. The predicted molar refractivity (Wildman–Crippen MR) is 132 cm³/mol. The summed E-state index contributed by atoms with van der Waals surface area (Å²) in [4.78, 5) is 39.6. The minimum absolute atomic E-state index is 0.0290. The van der Waals surface area contributed by atoms with Crippen molar-refractivity contribution in [2.24, 2.45) is 5.92 Å². The van der Waals surface area contributed by atoms with E-state index in [2.05, 4.69) is 21.8 Å². The van der Waals surface area contributed by atoms with Crippen molar-refractivity contribution in [3.63, 3.8) is 0 Å². The van der Waals surface area contributed by atoms with Crippen LogP contribution in [0.15, 0.2) is 36.8 Å². The number of ether oxygens (including phenoxy) is 1. The number of aliphatic hydroxyl groups is 1. The molecule has 35 heavy (non-hydrogen) atoms. The highest BCUT2D eigenvalue weighted by molar-refractivity contribution is 5.97. The van der Waals surface area contributed by atoms with E-state index in [4.69, 9.17) is 4.74 Å². The van der Waals surface area contributed by atoms with Gasteiger partial charge in [0, 0.05) is 49.2 Å². The zero-order valence-corrected chi connectivity index (χ0v) is 20.9. The number of carbonyl (C=O) groups is 2. The minimum atomic E-state index is -0.397. The Kier molecular flexibility index (Phi) is 8.79. The van der Waals surface area contributed by atoms with Crippen molar-refractivity contribution in [2.75, 3.05) is 47.4 Å². The van der Waals surface area contributed by atoms with E-state index in [-0.39, 0.29) is 42.3 Å². The fourth-order valence-electron chi connectivity index (χ4n) is 3.73.